The number of esters is 1. The Balaban J connectivity index is 3.58. The summed E-state index contributed by atoms with van der Waals surface area (Å²) in [5, 5.41) is 0. The topological polar surface area (TPSA) is 26.3 Å². The fraction of sp³-hybridized carbons (Fsp3) is 0.880. The van der Waals surface area contributed by atoms with Crippen LogP contribution in [0.25, 0.3) is 0 Å². The number of ether oxygens (including phenoxy) is 1. The van der Waals surface area contributed by atoms with E-state index in [0.717, 1.165) is 18.8 Å². The van der Waals surface area contributed by atoms with Crippen LogP contribution in [0, 0.1) is 17.8 Å². The normalized spacial score (nSPS) is 13.2. The Morgan fingerprint density at radius 2 is 1.41 bits per heavy atom. The maximum atomic E-state index is 12.0. The third kappa shape index (κ3) is 15.9. The third-order valence-corrected chi connectivity index (χ3v) is 5.31. The summed E-state index contributed by atoms with van der Waals surface area (Å²) in [4.78, 5) is 12.0. The second-order valence-electron chi connectivity index (χ2n) is 9.00. The van der Waals surface area contributed by atoms with Crippen molar-refractivity contribution in [1.29, 1.82) is 0 Å². The van der Waals surface area contributed by atoms with Gasteiger partial charge in [-0.15, -0.1) is 0 Å². The first-order valence-electron chi connectivity index (χ1n) is 11.7. The Bertz CT molecular complexity index is 363. The molecule has 0 rings (SSSR count). The van der Waals surface area contributed by atoms with Gasteiger partial charge >= 0.3 is 5.97 Å². The van der Waals surface area contributed by atoms with Crippen molar-refractivity contribution >= 4 is 5.97 Å². The van der Waals surface area contributed by atoms with Crippen LogP contribution < -0.4 is 0 Å². The fourth-order valence-electron chi connectivity index (χ4n) is 3.63. The standard InChI is InChI=1S/C25H48O2/c1-7-8-9-15-18-23(6)19-16-13-11-10-12-14-17-20-24(26)27-25(21(2)3)22(4)5/h16,19,21-23,25H,7-15,17-18,20H2,1-6H3/b19-16-. The number of hydrogen-bond donors (Lipinski definition) is 0. The number of carbonyl (C=O) groups excluding carboxylic acids is 1. The zero-order valence-corrected chi connectivity index (χ0v) is 19.3. The maximum absolute atomic E-state index is 12.0. The van der Waals surface area contributed by atoms with Crippen LogP contribution in [-0.2, 0) is 9.53 Å². The summed E-state index contributed by atoms with van der Waals surface area (Å²) < 4.78 is 5.65. The molecule has 0 aromatic carbocycles. The molecule has 0 aromatic rings. The zero-order valence-electron chi connectivity index (χ0n) is 19.3. The van der Waals surface area contributed by atoms with Crippen molar-refractivity contribution in [1.82, 2.24) is 0 Å². The number of rotatable bonds is 17. The molecule has 0 fully saturated rings. The molecule has 2 nitrogen and oxygen atoms in total. The molecule has 0 radical (unpaired) electrons. The van der Waals surface area contributed by atoms with Gasteiger partial charge in [-0.25, -0.2) is 0 Å². The molecule has 0 aliphatic carbocycles. The van der Waals surface area contributed by atoms with Gasteiger partial charge in [0.05, 0.1) is 0 Å². The number of carbonyl (C=O) groups is 1. The van der Waals surface area contributed by atoms with E-state index in [1.165, 1.54) is 57.8 Å². The first kappa shape index (κ1) is 26.2. The van der Waals surface area contributed by atoms with E-state index in [0.29, 0.717) is 18.3 Å². The first-order chi connectivity index (χ1) is 12.9. The predicted octanol–water partition coefficient (Wildman–Crippen LogP) is 8.10. The van der Waals surface area contributed by atoms with Crippen molar-refractivity contribution in [3.8, 4) is 0 Å². The summed E-state index contributed by atoms with van der Waals surface area (Å²) in [7, 11) is 0. The lowest BCUT2D eigenvalue weighted by molar-refractivity contribution is -0.154. The average Bonchev–Trinajstić information content (AvgIpc) is 2.61. The lowest BCUT2D eigenvalue weighted by Crippen LogP contribution is -2.28. The fourth-order valence-corrected chi connectivity index (χ4v) is 3.63. The SMILES string of the molecule is CCCCCCC(C)/C=C\CCCCCCCC(=O)OC(C(C)C)C(C)C. The summed E-state index contributed by atoms with van der Waals surface area (Å²) in [6.07, 6.45) is 19.3. The van der Waals surface area contributed by atoms with Crippen LogP contribution in [0.3, 0.4) is 0 Å². The molecule has 0 aliphatic rings. The van der Waals surface area contributed by atoms with Gasteiger partial charge in [0.2, 0.25) is 0 Å². The Kier molecular flexibility index (Phi) is 16.8. The highest BCUT2D eigenvalue weighted by atomic mass is 16.5. The lowest BCUT2D eigenvalue weighted by Gasteiger charge is -2.24. The van der Waals surface area contributed by atoms with Crippen LogP contribution >= 0.6 is 0 Å². The van der Waals surface area contributed by atoms with Gasteiger partial charge < -0.3 is 4.74 Å². The molecule has 0 saturated heterocycles. The van der Waals surface area contributed by atoms with Crippen molar-refractivity contribution in [2.45, 2.75) is 125 Å². The number of allylic oxidation sites excluding steroid dienone is 2. The Labute approximate surface area is 170 Å². The summed E-state index contributed by atoms with van der Waals surface area (Å²) in [5.74, 6) is 1.49. The van der Waals surface area contributed by atoms with Crippen molar-refractivity contribution < 1.29 is 9.53 Å². The van der Waals surface area contributed by atoms with Gasteiger partial charge in [-0.2, -0.15) is 0 Å². The van der Waals surface area contributed by atoms with Crippen molar-refractivity contribution in [2.24, 2.45) is 17.8 Å². The smallest absolute Gasteiger partial charge is 0.306 e. The molecule has 1 unspecified atom stereocenters. The molecule has 0 aliphatic heterocycles. The lowest BCUT2D eigenvalue weighted by atomic mass is 9.96. The van der Waals surface area contributed by atoms with Gasteiger partial charge in [0.25, 0.3) is 0 Å². The highest BCUT2D eigenvalue weighted by molar-refractivity contribution is 5.69. The molecule has 0 aromatic heterocycles. The number of hydrogen-bond acceptors (Lipinski definition) is 2. The minimum Gasteiger partial charge on any atom is -0.462 e. The molecule has 0 bridgehead atoms. The van der Waals surface area contributed by atoms with Crippen LogP contribution in [0.4, 0.5) is 0 Å². The van der Waals surface area contributed by atoms with E-state index in [1.807, 2.05) is 0 Å². The minimum atomic E-state index is -0.0155. The van der Waals surface area contributed by atoms with Gasteiger partial charge in [-0.3, -0.25) is 4.79 Å². The van der Waals surface area contributed by atoms with E-state index in [2.05, 4.69) is 53.7 Å². The third-order valence-electron chi connectivity index (χ3n) is 5.31. The van der Waals surface area contributed by atoms with Crippen LogP contribution in [0.1, 0.15) is 119 Å². The van der Waals surface area contributed by atoms with Gasteiger partial charge in [0.1, 0.15) is 6.10 Å². The molecule has 0 saturated carbocycles. The molecule has 0 N–H and O–H groups in total. The summed E-state index contributed by atoms with van der Waals surface area (Å²) in [5.41, 5.74) is 0. The maximum Gasteiger partial charge on any atom is 0.306 e. The van der Waals surface area contributed by atoms with Crippen molar-refractivity contribution in [3.63, 3.8) is 0 Å². The Hall–Kier alpha value is -0.790. The molecule has 2 heteroatoms. The summed E-state index contributed by atoms with van der Waals surface area (Å²) in [6.45, 7) is 13.1. The van der Waals surface area contributed by atoms with E-state index in [4.69, 9.17) is 4.74 Å². The first-order valence-corrected chi connectivity index (χ1v) is 11.7. The van der Waals surface area contributed by atoms with Gasteiger partial charge in [-0.1, -0.05) is 98.6 Å². The van der Waals surface area contributed by atoms with E-state index in [1.54, 1.807) is 0 Å². The molecular formula is C25H48O2. The number of unbranched alkanes of at least 4 members (excludes halogenated alkanes) is 8. The van der Waals surface area contributed by atoms with Crippen LogP contribution in [0.5, 0.6) is 0 Å². The second-order valence-corrected chi connectivity index (χ2v) is 9.00. The average molecular weight is 381 g/mol. The quantitative estimate of drug-likeness (QED) is 0.145. The minimum absolute atomic E-state index is 0.0155. The van der Waals surface area contributed by atoms with Gasteiger partial charge in [0.15, 0.2) is 0 Å². The van der Waals surface area contributed by atoms with E-state index >= 15 is 0 Å². The van der Waals surface area contributed by atoms with E-state index in [9.17, 15) is 4.79 Å². The van der Waals surface area contributed by atoms with Crippen molar-refractivity contribution in [2.75, 3.05) is 0 Å². The van der Waals surface area contributed by atoms with Gasteiger partial charge in [-0.05, 0) is 43.4 Å². The summed E-state index contributed by atoms with van der Waals surface area (Å²) >= 11 is 0. The Morgan fingerprint density at radius 1 is 0.815 bits per heavy atom. The predicted molar refractivity (Wildman–Crippen MR) is 119 cm³/mol. The van der Waals surface area contributed by atoms with Gasteiger partial charge in [0, 0.05) is 6.42 Å². The second kappa shape index (κ2) is 17.3. The van der Waals surface area contributed by atoms with E-state index in [-0.39, 0.29) is 12.1 Å². The molecule has 160 valence electrons. The van der Waals surface area contributed by atoms with Crippen LogP contribution in [0.2, 0.25) is 0 Å². The Morgan fingerprint density at radius 3 is 2.04 bits per heavy atom. The molecule has 0 heterocycles. The highest BCUT2D eigenvalue weighted by Gasteiger charge is 2.21. The molecule has 1 atom stereocenters. The van der Waals surface area contributed by atoms with E-state index < -0.39 is 0 Å². The molecule has 27 heavy (non-hydrogen) atoms. The van der Waals surface area contributed by atoms with Crippen LogP contribution in [-0.4, -0.2) is 12.1 Å². The summed E-state index contributed by atoms with van der Waals surface area (Å²) in [6, 6.07) is 0. The molecular weight excluding hydrogens is 332 g/mol. The van der Waals surface area contributed by atoms with Crippen molar-refractivity contribution in [3.05, 3.63) is 12.2 Å². The largest absolute Gasteiger partial charge is 0.462 e. The highest BCUT2D eigenvalue weighted by Crippen LogP contribution is 2.18. The molecule has 0 spiro atoms. The zero-order chi connectivity index (χ0) is 20.5. The van der Waals surface area contributed by atoms with Crippen LogP contribution in [0.15, 0.2) is 12.2 Å². The monoisotopic (exact) mass is 380 g/mol. The molecule has 0 amide bonds.